The van der Waals surface area contributed by atoms with E-state index < -0.39 is 5.82 Å². The second kappa shape index (κ2) is 6.62. The third-order valence-electron chi connectivity index (χ3n) is 3.20. The molecule has 0 aromatic heterocycles. The summed E-state index contributed by atoms with van der Waals surface area (Å²) in [7, 11) is 0. The molecule has 2 rings (SSSR count). The third-order valence-corrected chi connectivity index (χ3v) is 3.49. The van der Waals surface area contributed by atoms with Crippen molar-refractivity contribution in [1.82, 2.24) is 0 Å². The molecule has 20 heavy (non-hydrogen) atoms. The van der Waals surface area contributed by atoms with Gasteiger partial charge >= 0.3 is 0 Å². The normalized spacial score (nSPS) is 12.2. The number of benzene rings is 2. The fourth-order valence-electron chi connectivity index (χ4n) is 2.05. The van der Waals surface area contributed by atoms with Gasteiger partial charge in [0.15, 0.2) is 0 Å². The van der Waals surface area contributed by atoms with Gasteiger partial charge in [0.2, 0.25) is 0 Å². The van der Waals surface area contributed by atoms with E-state index in [2.05, 4.69) is 24.4 Å². The van der Waals surface area contributed by atoms with Crippen molar-refractivity contribution in [2.45, 2.75) is 25.8 Å². The average Bonchev–Trinajstić information content (AvgIpc) is 2.44. The first-order chi connectivity index (χ1) is 9.56. The minimum absolute atomic E-state index is 0.0463. The van der Waals surface area contributed by atoms with Gasteiger partial charge in [-0.05, 0) is 31.4 Å². The Morgan fingerprint density at radius 1 is 1.25 bits per heavy atom. The Kier molecular flexibility index (Phi) is 4.85. The molecule has 0 bridgehead atoms. The highest BCUT2D eigenvalue weighted by molar-refractivity contribution is 6.31. The maximum Gasteiger partial charge on any atom is 0.143 e. The maximum atomic E-state index is 13.4. The lowest BCUT2D eigenvalue weighted by Crippen LogP contribution is -2.17. The Morgan fingerprint density at radius 3 is 2.65 bits per heavy atom. The highest BCUT2D eigenvalue weighted by atomic mass is 35.5. The summed E-state index contributed by atoms with van der Waals surface area (Å²) in [4.78, 5) is 0. The van der Waals surface area contributed by atoms with Crippen LogP contribution in [-0.2, 0) is 6.42 Å². The predicted molar refractivity (Wildman–Crippen MR) is 83.7 cm³/mol. The van der Waals surface area contributed by atoms with Crippen LogP contribution in [0.1, 0.15) is 18.9 Å². The predicted octanol–water partition coefficient (Wildman–Crippen LogP) is 4.49. The van der Waals surface area contributed by atoms with E-state index in [1.54, 1.807) is 0 Å². The van der Waals surface area contributed by atoms with E-state index in [1.165, 1.54) is 17.7 Å². The van der Waals surface area contributed by atoms with Crippen LogP contribution in [0.5, 0.6) is 0 Å². The molecule has 0 aliphatic rings. The van der Waals surface area contributed by atoms with Crippen LogP contribution in [0.25, 0.3) is 0 Å². The SMILES string of the molecule is CC(CCc1ccccc1)Nc1cc(F)c(Cl)cc1N. The number of rotatable bonds is 5. The number of hydrogen-bond acceptors (Lipinski definition) is 2. The molecule has 2 aromatic carbocycles. The zero-order valence-corrected chi connectivity index (χ0v) is 12.1. The summed E-state index contributed by atoms with van der Waals surface area (Å²) in [5, 5.41) is 3.27. The lowest BCUT2D eigenvalue weighted by atomic mass is 10.1. The number of nitrogen functional groups attached to an aromatic ring is 1. The number of aryl methyl sites for hydroxylation is 1. The summed E-state index contributed by atoms with van der Waals surface area (Å²) in [6.07, 6.45) is 1.90. The van der Waals surface area contributed by atoms with E-state index in [4.69, 9.17) is 17.3 Å². The smallest absolute Gasteiger partial charge is 0.143 e. The van der Waals surface area contributed by atoms with Crippen molar-refractivity contribution in [3.8, 4) is 0 Å². The number of nitrogens with one attached hydrogen (secondary N) is 1. The van der Waals surface area contributed by atoms with E-state index in [0.717, 1.165) is 12.8 Å². The molecule has 0 radical (unpaired) electrons. The molecule has 0 saturated carbocycles. The fourth-order valence-corrected chi connectivity index (χ4v) is 2.22. The quantitative estimate of drug-likeness (QED) is 0.797. The Hall–Kier alpha value is -1.74. The Bertz CT molecular complexity index is 572. The molecule has 0 fully saturated rings. The van der Waals surface area contributed by atoms with Gasteiger partial charge in [-0.3, -0.25) is 0 Å². The molecule has 4 heteroatoms. The second-order valence-electron chi connectivity index (χ2n) is 4.92. The molecule has 3 N–H and O–H groups in total. The molecular weight excluding hydrogens is 275 g/mol. The maximum absolute atomic E-state index is 13.4. The van der Waals surface area contributed by atoms with Gasteiger partial charge in [-0.2, -0.15) is 0 Å². The number of nitrogens with two attached hydrogens (primary N) is 1. The van der Waals surface area contributed by atoms with Crippen molar-refractivity contribution < 1.29 is 4.39 Å². The minimum Gasteiger partial charge on any atom is -0.397 e. The zero-order valence-electron chi connectivity index (χ0n) is 11.4. The first-order valence-electron chi connectivity index (χ1n) is 6.61. The summed E-state index contributed by atoms with van der Waals surface area (Å²) in [5.74, 6) is -0.460. The number of halogens is 2. The monoisotopic (exact) mass is 292 g/mol. The molecular formula is C16H18ClFN2. The summed E-state index contributed by atoms with van der Waals surface area (Å²) >= 11 is 5.68. The minimum atomic E-state index is -0.460. The fraction of sp³-hybridized carbons (Fsp3) is 0.250. The second-order valence-corrected chi connectivity index (χ2v) is 5.33. The van der Waals surface area contributed by atoms with Crippen molar-refractivity contribution in [2.24, 2.45) is 0 Å². The number of hydrogen-bond donors (Lipinski definition) is 2. The van der Waals surface area contributed by atoms with Crippen molar-refractivity contribution >= 4 is 23.0 Å². The van der Waals surface area contributed by atoms with E-state index in [1.807, 2.05) is 18.2 Å². The Labute approximate surface area is 123 Å². The Balaban J connectivity index is 1.95. The molecule has 0 aliphatic heterocycles. The molecule has 2 nitrogen and oxygen atoms in total. The highest BCUT2D eigenvalue weighted by Crippen LogP contribution is 2.27. The van der Waals surface area contributed by atoms with E-state index in [0.29, 0.717) is 11.4 Å². The molecule has 0 saturated heterocycles. The molecule has 0 amide bonds. The topological polar surface area (TPSA) is 38.0 Å². The molecule has 1 atom stereocenters. The van der Waals surface area contributed by atoms with E-state index in [9.17, 15) is 4.39 Å². The lowest BCUT2D eigenvalue weighted by Gasteiger charge is -2.17. The lowest BCUT2D eigenvalue weighted by molar-refractivity contribution is 0.627. The van der Waals surface area contributed by atoms with Gasteiger partial charge < -0.3 is 11.1 Å². The molecule has 0 aliphatic carbocycles. The third kappa shape index (κ3) is 3.87. The van der Waals surface area contributed by atoms with E-state index in [-0.39, 0.29) is 11.1 Å². The Morgan fingerprint density at radius 2 is 1.95 bits per heavy atom. The summed E-state index contributed by atoms with van der Waals surface area (Å²) in [6.45, 7) is 2.05. The molecule has 0 spiro atoms. The first-order valence-corrected chi connectivity index (χ1v) is 6.99. The van der Waals surface area contributed by atoms with Gasteiger partial charge in [-0.25, -0.2) is 4.39 Å². The average molecular weight is 293 g/mol. The van der Waals surface area contributed by atoms with Crippen LogP contribution in [0.15, 0.2) is 42.5 Å². The van der Waals surface area contributed by atoms with Crippen LogP contribution in [0.4, 0.5) is 15.8 Å². The van der Waals surface area contributed by atoms with Crippen molar-refractivity contribution in [1.29, 1.82) is 0 Å². The van der Waals surface area contributed by atoms with Crippen molar-refractivity contribution in [2.75, 3.05) is 11.1 Å². The van der Waals surface area contributed by atoms with Gasteiger partial charge in [0, 0.05) is 12.1 Å². The van der Waals surface area contributed by atoms with Crippen molar-refractivity contribution in [3.63, 3.8) is 0 Å². The first kappa shape index (κ1) is 14.7. The number of anilines is 2. The van der Waals surface area contributed by atoms with Crippen LogP contribution in [0.3, 0.4) is 0 Å². The van der Waals surface area contributed by atoms with Gasteiger partial charge in [0.25, 0.3) is 0 Å². The van der Waals surface area contributed by atoms with Crippen molar-refractivity contribution in [3.05, 3.63) is 58.9 Å². The highest BCUT2D eigenvalue weighted by Gasteiger charge is 2.09. The molecule has 0 heterocycles. The summed E-state index contributed by atoms with van der Waals surface area (Å²) in [5.41, 5.74) is 8.17. The van der Waals surface area contributed by atoms with E-state index >= 15 is 0 Å². The van der Waals surface area contributed by atoms with Crippen LogP contribution in [0.2, 0.25) is 5.02 Å². The van der Waals surface area contributed by atoms with Gasteiger partial charge in [-0.1, -0.05) is 41.9 Å². The van der Waals surface area contributed by atoms with Gasteiger partial charge in [0.1, 0.15) is 5.82 Å². The summed E-state index contributed by atoms with van der Waals surface area (Å²) in [6, 6.07) is 13.2. The zero-order chi connectivity index (χ0) is 14.5. The molecule has 2 aromatic rings. The molecule has 106 valence electrons. The van der Waals surface area contributed by atoms with Crippen LogP contribution in [-0.4, -0.2) is 6.04 Å². The van der Waals surface area contributed by atoms with Gasteiger partial charge in [-0.15, -0.1) is 0 Å². The van der Waals surface area contributed by atoms with Gasteiger partial charge in [0.05, 0.1) is 16.4 Å². The van der Waals surface area contributed by atoms with Crippen LogP contribution in [0, 0.1) is 5.82 Å². The standard InChI is InChI=1S/C16H18ClFN2/c1-11(7-8-12-5-3-2-4-6-12)20-16-10-14(18)13(17)9-15(16)19/h2-6,9-11,20H,7-8,19H2,1H3. The summed E-state index contributed by atoms with van der Waals surface area (Å²) < 4.78 is 13.4. The van der Waals surface area contributed by atoms with Crippen LogP contribution < -0.4 is 11.1 Å². The molecule has 1 unspecified atom stereocenters. The largest absolute Gasteiger partial charge is 0.397 e. The van der Waals surface area contributed by atoms with Crippen LogP contribution >= 0.6 is 11.6 Å².